The third-order valence-corrected chi connectivity index (χ3v) is 6.21. The van der Waals surface area contributed by atoms with Gasteiger partial charge >= 0.3 is 5.97 Å². The van der Waals surface area contributed by atoms with E-state index in [-0.39, 0.29) is 29.3 Å². The number of hydrogen-bond acceptors (Lipinski definition) is 5. The number of pyridine rings is 1. The summed E-state index contributed by atoms with van der Waals surface area (Å²) >= 11 is 0. The highest BCUT2D eigenvalue weighted by Crippen LogP contribution is 2.42. The zero-order chi connectivity index (χ0) is 21.2. The van der Waals surface area contributed by atoms with Crippen LogP contribution in [0.3, 0.4) is 0 Å². The number of anilines is 2. The molecule has 1 aliphatic heterocycles. The van der Waals surface area contributed by atoms with Gasteiger partial charge in [-0.05, 0) is 33.7 Å². The van der Waals surface area contributed by atoms with E-state index in [0.29, 0.717) is 13.1 Å². The second-order valence-electron chi connectivity index (χ2n) is 8.20. The quantitative estimate of drug-likeness (QED) is 0.761. The largest absolute Gasteiger partial charge is 0.477 e. The van der Waals surface area contributed by atoms with Crippen LogP contribution in [-0.2, 0) is 0 Å². The Labute approximate surface area is 166 Å². The predicted octanol–water partition coefficient (Wildman–Crippen LogP) is 2.42. The molecule has 1 aromatic heterocycles. The number of carboxylic acids is 1. The summed E-state index contributed by atoms with van der Waals surface area (Å²) in [7, 11) is 1.96. The zero-order valence-electron chi connectivity index (χ0n) is 16.6. The first-order valence-electron chi connectivity index (χ1n) is 9.68. The number of aromatic nitrogens is 1. The van der Waals surface area contributed by atoms with E-state index in [4.69, 9.17) is 5.73 Å². The molecule has 4 rings (SSSR count). The lowest BCUT2D eigenvalue weighted by Gasteiger charge is -2.43. The maximum absolute atomic E-state index is 15.7. The Morgan fingerprint density at radius 2 is 1.76 bits per heavy atom. The molecule has 1 saturated carbocycles. The molecule has 0 spiro atoms. The Bertz CT molecular complexity index is 1070. The average molecular weight is 406 g/mol. The van der Waals surface area contributed by atoms with E-state index < -0.39 is 39.7 Å². The maximum Gasteiger partial charge on any atom is 0.341 e. The van der Waals surface area contributed by atoms with Gasteiger partial charge in [-0.2, -0.15) is 0 Å². The molecule has 7 nitrogen and oxygen atoms in total. The zero-order valence-corrected chi connectivity index (χ0v) is 16.6. The standard InChI is InChI=1S/C20H24F2N4O3/c1-9-6-25(7-10(2)24(9)3)18-14(21)16(23)13-17(15(18)22)26(11-4-5-11)8-12(19(13)27)20(28)29/h8-11H,4-7,23H2,1-3H3,(H,28,29). The molecule has 0 bridgehead atoms. The van der Waals surface area contributed by atoms with Gasteiger partial charge in [-0.3, -0.25) is 9.69 Å². The number of likely N-dealkylation sites (N-methyl/N-ethyl adjacent to an activating group) is 1. The highest BCUT2D eigenvalue weighted by molar-refractivity contribution is 5.99. The van der Waals surface area contributed by atoms with Crippen LogP contribution in [0, 0.1) is 11.6 Å². The van der Waals surface area contributed by atoms with Crippen molar-refractivity contribution in [2.75, 3.05) is 30.8 Å². The van der Waals surface area contributed by atoms with E-state index in [1.807, 2.05) is 20.9 Å². The van der Waals surface area contributed by atoms with Crippen LogP contribution in [0.25, 0.3) is 10.9 Å². The summed E-state index contributed by atoms with van der Waals surface area (Å²) in [4.78, 5) is 28.0. The molecule has 3 N–H and O–H groups in total. The van der Waals surface area contributed by atoms with Gasteiger partial charge in [-0.15, -0.1) is 0 Å². The molecule has 2 aliphatic rings. The van der Waals surface area contributed by atoms with Crippen molar-refractivity contribution < 1.29 is 18.7 Å². The highest BCUT2D eigenvalue weighted by atomic mass is 19.1. The van der Waals surface area contributed by atoms with Gasteiger partial charge in [0.05, 0.1) is 16.6 Å². The van der Waals surface area contributed by atoms with Gasteiger partial charge in [0.2, 0.25) is 5.43 Å². The summed E-state index contributed by atoms with van der Waals surface area (Å²) in [5.41, 5.74) is 3.59. The Morgan fingerprint density at radius 1 is 1.17 bits per heavy atom. The molecule has 1 aromatic carbocycles. The highest BCUT2D eigenvalue weighted by Gasteiger charge is 2.35. The molecule has 1 aliphatic carbocycles. The molecule has 2 atom stereocenters. The number of carbonyl (C=O) groups is 1. The molecule has 2 heterocycles. The smallest absolute Gasteiger partial charge is 0.341 e. The summed E-state index contributed by atoms with van der Waals surface area (Å²) in [6, 6.07) is -0.00212. The van der Waals surface area contributed by atoms with Crippen LogP contribution < -0.4 is 16.1 Å². The SMILES string of the molecule is CC1CN(c2c(F)c(N)c3c(=O)c(C(=O)O)cn(C4CC4)c3c2F)CC(C)N1C. The number of halogens is 2. The van der Waals surface area contributed by atoms with Crippen molar-refractivity contribution in [2.24, 2.45) is 0 Å². The molecular formula is C20H24F2N4O3. The Hall–Kier alpha value is -2.68. The minimum Gasteiger partial charge on any atom is -0.477 e. The Balaban J connectivity index is 2.02. The fourth-order valence-corrected chi connectivity index (χ4v) is 4.21. The first-order chi connectivity index (χ1) is 13.6. The van der Waals surface area contributed by atoms with Gasteiger partial charge in [0.15, 0.2) is 11.6 Å². The van der Waals surface area contributed by atoms with Crippen LogP contribution in [-0.4, -0.2) is 52.8 Å². The second-order valence-corrected chi connectivity index (χ2v) is 8.20. The van der Waals surface area contributed by atoms with Crippen molar-refractivity contribution in [2.45, 2.75) is 44.8 Å². The molecule has 156 valence electrons. The Morgan fingerprint density at radius 3 is 2.28 bits per heavy atom. The summed E-state index contributed by atoms with van der Waals surface area (Å²) in [6.07, 6.45) is 2.61. The number of piperazine rings is 1. The molecule has 0 radical (unpaired) electrons. The summed E-state index contributed by atoms with van der Waals surface area (Å²) < 4.78 is 32.5. The number of benzene rings is 1. The van der Waals surface area contributed by atoms with Crippen LogP contribution in [0.1, 0.15) is 43.1 Å². The van der Waals surface area contributed by atoms with Crippen LogP contribution in [0.2, 0.25) is 0 Å². The number of nitrogens with zero attached hydrogens (tertiary/aromatic N) is 3. The van der Waals surface area contributed by atoms with Gasteiger partial charge in [-0.25, -0.2) is 13.6 Å². The topological polar surface area (TPSA) is 91.8 Å². The first-order valence-corrected chi connectivity index (χ1v) is 9.68. The minimum atomic E-state index is -1.45. The fourth-order valence-electron chi connectivity index (χ4n) is 4.21. The van der Waals surface area contributed by atoms with Crippen molar-refractivity contribution in [3.8, 4) is 0 Å². The van der Waals surface area contributed by atoms with Crippen molar-refractivity contribution in [1.29, 1.82) is 0 Å². The Kier molecular flexibility index (Phi) is 4.53. The lowest BCUT2D eigenvalue weighted by Crippen LogP contribution is -2.55. The van der Waals surface area contributed by atoms with E-state index in [1.54, 1.807) is 4.90 Å². The van der Waals surface area contributed by atoms with Gasteiger partial charge in [0.1, 0.15) is 11.3 Å². The van der Waals surface area contributed by atoms with Gasteiger partial charge in [0.25, 0.3) is 0 Å². The van der Waals surface area contributed by atoms with E-state index in [1.165, 1.54) is 4.57 Å². The van der Waals surface area contributed by atoms with Gasteiger partial charge in [0, 0.05) is 37.4 Å². The molecule has 9 heteroatoms. The van der Waals surface area contributed by atoms with Gasteiger partial charge in [-0.1, -0.05) is 0 Å². The van der Waals surface area contributed by atoms with Crippen molar-refractivity contribution >= 4 is 28.2 Å². The number of rotatable bonds is 3. The summed E-state index contributed by atoms with van der Waals surface area (Å²) in [5.74, 6) is -3.32. The lowest BCUT2D eigenvalue weighted by atomic mass is 10.0. The number of aromatic carboxylic acids is 1. The molecule has 29 heavy (non-hydrogen) atoms. The number of hydrogen-bond donors (Lipinski definition) is 2. The van der Waals surface area contributed by atoms with E-state index >= 15 is 8.78 Å². The molecule has 2 unspecified atom stereocenters. The fraction of sp³-hybridized carbons (Fsp3) is 0.500. The van der Waals surface area contributed by atoms with Crippen LogP contribution in [0.5, 0.6) is 0 Å². The number of nitrogens with two attached hydrogens (primary N) is 1. The number of nitrogen functional groups attached to an aromatic ring is 1. The van der Waals surface area contributed by atoms with Crippen molar-refractivity contribution in [1.82, 2.24) is 9.47 Å². The van der Waals surface area contributed by atoms with Crippen molar-refractivity contribution in [3.05, 3.63) is 33.6 Å². The van der Waals surface area contributed by atoms with Crippen LogP contribution in [0.4, 0.5) is 20.2 Å². The lowest BCUT2D eigenvalue weighted by molar-refractivity contribution is 0.0695. The third-order valence-electron chi connectivity index (χ3n) is 6.21. The van der Waals surface area contributed by atoms with Crippen LogP contribution in [0.15, 0.2) is 11.0 Å². The first kappa shape index (κ1) is 19.6. The molecule has 2 aromatic rings. The second kappa shape index (κ2) is 6.69. The molecule has 0 amide bonds. The normalized spacial score (nSPS) is 23.0. The number of fused-ring (bicyclic) bond motifs is 1. The van der Waals surface area contributed by atoms with Crippen LogP contribution >= 0.6 is 0 Å². The predicted molar refractivity (Wildman–Crippen MR) is 107 cm³/mol. The maximum atomic E-state index is 15.7. The molecule has 2 fully saturated rings. The number of carboxylic acid groups (broad SMARTS) is 1. The van der Waals surface area contributed by atoms with E-state index in [2.05, 4.69) is 4.90 Å². The average Bonchev–Trinajstić information content (AvgIpc) is 3.48. The van der Waals surface area contributed by atoms with E-state index in [9.17, 15) is 14.7 Å². The third kappa shape index (κ3) is 2.95. The summed E-state index contributed by atoms with van der Waals surface area (Å²) in [6.45, 7) is 4.76. The molecule has 1 saturated heterocycles. The minimum absolute atomic E-state index is 0.0643. The van der Waals surface area contributed by atoms with Gasteiger partial charge < -0.3 is 20.3 Å². The monoisotopic (exact) mass is 406 g/mol. The summed E-state index contributed by atoms with van der Waals surface area (Å²) in [5, 5.41) is 8.97. The van der Waals surface area contributed by atoms with E-state index in [0.717, 1.165) is 19.0 Å². The van der Waals surface area contributed by atoms with Crippen molar-refractivity contribution in [3.63, 3.8) is 0 Å². The molecular weight excluding hydrogens is 382 g/mol.